The van der Waals surface area contributed by atoms with E-state index in [1.54, 1.807) is 0 Å². The zero-order chi connectivity index (χ0) is 17.5. The predicted octanol–water partition coefficient (Wildman–Crippen LogP) is 2.67. The number of rotatable bonds is 2. The molecule has 5 rings (SSSR count). The summed E-state index contributed by atoms with van der Waals surface area (Å²) in [4.78, 5) is 15.9. The standard InChI is InChI=1S/C19H15N5O2/c25-18-10-26-17-7-6-13(8-15(17)22-18)14-9-16(12-4-2-1-3-5-12)24-19(23-14)20-11-21-24/h1-9,11,16H,10H2,(H,22,25)(H,20,21,23)/t16-/m0/s1. The van der Waals surface area contributed by atoms with Crippen molar-refractivity contribution in [2.24, 2.45) is 0 Å². The van der Waals surface area contributed by atoms with E-state index in [0.29, 0.717) is 17.4 Å². The molecule has 3 heterocycles. The van der Waals surface area contributed by atoms with Crippen LogP contribution in [0.4, 0.5) is 11.6 Å². The fourth-order valence-electron chi connectivity index (χ4n) is 3.24. The molecule has 0 saturated carbocycles. The second kappa shape index (κ2) is 5.73. The van der Waals surface area contributed by atoms with Gasteiger partial charge in [0.15, 0.2) is 6.61 Å². The third-order valence-electron chi connectivity index (χ3n) is 4.47. The zero-order valence-corrected chi connectivity index (χ0v) is 13.7. The number of benzene rings is 2. The van der Waals surface area contributed by atoms with E-state index >= 15 is 0 Å². The van der Waals surface area contributed by atoms with E-state index in [1.807, 2.05) is 41.1 Å². The minimum absolute atomic E-state index is 0.0481. The van der Waals surface area contributed by atoms with Crippen molar-refractivity contribution in [3.63, 3.8) is 0 Å². The number of amides is 1. The van der Waals surface area contributed by atoms with Gasteiger partial charge in [-0.1, -0.05) is 30.3 Å². The first-order chi connectivity index (χ1) is 12.8. The van der Waals surface area contributed by atoms with Crippen LogP contribution in [0, 0.1) is 0 Å². The van der Waals surface area contributed by atoms with E-state index in [4.69, 9.17) is 4.74 Å². The second-order valence-electron chi connectivity index (χ2n) is 6.14. The molecule has 0 unspecified atom stereocenters. The van der Waals surface area contributed by atoms with Crippen LogP contribution < -0.4 is 15.4 Å². The van der Waals surface area contributed by atoms with Gasteiger partial charge in [-0.05, 0) is 29.8 Å². The third kappa shape index (κ3) is 2.41. The number of hydrogen-bond donors (Lipinski definition) is 2. The summed E-state index contributed by atoms with van der Waals surface area (Å²) >= 11 is 0. The largest absolute Gasteiger partial charge is 0.482 e. The van der Waals surface area contributed by atoms with E-state index < -0.39 is 0 Å². The lowest BCUT2D eigenvalue weighted by Gasteiger charge is -2.25. The molecule has 0 bridgehead atoms. The van der Waals surface area contributed by atoms with Gasteiger partial charge in [0.1, 0.15) is 18.1 Å². The fraction of sp³-hybridized carbons (Fsp3) is 0.105. The molecule has 0 saturated heterocycles. The summed E-state index contributed by atoms with van der Waals surface area (Å²) < 4.78 is 7.28. The highest BCUT2D eigenvalue weighted by Crippen LogP contribution is 2.35. The second-order valence-corrected chi connectivity index (χ2v) is 6.14. The first-order valence-corrected chi connectivity index (χ1v) is 8.28. The quantitative estimate of drug-likeness (QED) is 0.746. The first-order valence-electron chi connectivity index (χ1n) is 8.28. The molecule has 2 aliphatic heterocycles. The molecule has 3 aromatic rings. The van der Waals surface area contributed by atoms with E-state index in [0.717, 1.165) is 16.8 Å². The van der Waals surface area contributed by atoms with Crippen molar-refractivity contribution in [1.82, 2.24) is 14.8 Å². The number of allylic oxidation sites excluding steroid dienone is 1. The average molecular weight is 345 g/mol. The summed E-state index contributed by atoms with van der Waals surface area (Å²) in [5.41, 5.74) is 3.63. The fourth-order valence-corrected chi connectivity index (χ4v) is 3.24. The van der Waals surface area contributed by atoms with Crippen molar-refractivity contribution >= 4 is 23.2 Å². The molecule has 128 valence electrons. The Kier molecular flexibility index (Phi) is 3.24. The lowest BCUT2D eigenvalue weighted by molar-refractivity contribution is -0.118. The van der Waals surface area contributed by atoms with Gasteiger partial charge in [0.2, 0.25) is 5.95 Å². The summed E-state index contributed by atoms with van der Waals surface area (Å²) in [5.74, 6) is 1.20. The van der Waals surface area contributed by atoms with Crippen LogP contribution in [0.5, 0.6) is 5.75 Å². The summed E-state index contributed by atoms with van der Waals surface area (Å²) in [6.45, 7) is 0.0481. The highest BCUT2D eigenvalue weighted by Gasteiger charge is 2.24. The lowest BCUT2D eigenvalue weighted by atomic mass is 10.0. The van der Waals surface area contributed by atoms with Gasteiger partial charge < -0.3 is 15.4 Å². The number of nitrogens with one attached hydrogen (secondary N) is 2. The topological polar surface area (TPSA) is 81.1 Å². The molecule has 0 spiro atoms. The van der Waals surface area contributed by atoms with Gasteiger partial charge in [-0.2, -0.15) is 10.1 Å². The Bertz CT molecular complexity index is 1030. The monoisotopic (exact) mass is 345 g/mol. The number of fused-ring (bicyclic) bond motifs is 2. The summed E-state index contributed by atoms with van der Waals surface area (Å²) in [7, 11) is 0. The molecule has 1 atom stereocenters. The Hall–Kier alpha value is -3.61. The van der Waals surface area contributed by atoms with Crippen LogP contribution in [-0.4, -0.2) is 27.3 Å². The maximum absolute atomic E-state index is 11.6. The molecule has 2 aromatic carbocycles. The van der Waals surface area contributed by atoms with Crippen molar-refractivity contribution in [3.05, 3.63) is 72.1 Å². The number of carbonyl (C=O) groups excluding carboxylic acids is 1. The average Bonchev–Trinajstić information content (AvgIpc) is 3.16. The van der Waals surface area contributed by atoms with E-state index in [-0.39, 0.29) is 18.6 Å². The highest BCUT2D eigenvalue weighted by atomic mass is 16.5. The van der Waals surface area contributed by atoms with Gasteiger partial charge in [0.05, 0.1) is 5.69 Å². The highest BCUT2D eigenvalue weighted by molar-refractivity contribution is 5.96. The normalized spacial score (nSPS) is 17.9. The number of ether oxygens (including phenoxy) is 1. The number of carbonyl (C=O) groups is 1. The SMILES string of the molecule is O=C1COc2ccc(C3=C[C@@H](c4ccccc4)n4ncnc4N3)cc2N1. The van der Waals surface area contributed by atoms with Gasteiger partial charge in [-0.3, -0.25) is 4.79 Å². The van der Waals surface area contributed by atoms with Crippen LogP contribution in [-0.2, 0) is 4.79 Å². The van der Waals surface area contributed by atoms with Crippen LogP contribution in [0.25, 0.3) is 5.70 Å². The molecule has 2 N–H and O–H groups in total. The third-order valence-corrected chi connectivity index (χ3v) is 4.47. The van der Waals surface area contributed by atoms with Crippen LogP contribution >= 0.6 is 0 Å². The van der Waals surface area contributed by atoms with Crippen molar-refractivity contribution in [1.29, 1.82) is 0 Å². The van der Waals surface area contributed by atoms with Gasteiger partial charge in [0.25, 0.3) is 5.91 Å². The summed E-state index contributed by atoms with van der Waals surface area (Å²) in [6.07, 6.45) is 3.64. The summed E-state index contributed by atoms with van der Waals surface area (Å²) in [5, 5.41) is 10.5. The maximum atomic E-state index is 11.6. The molecule has 0 aliphatic carbocycles. The minimum Gasteiger partial charge on any atom is -0.482 e. The zero-order valence-electron chi connectivity index (χ0n) is 13.7. The van der Waals surface area contributed by atoms with E-state index in [1.165, 1.54) is 6.33 Å². The van der Waals surface area contributed by atoms with E-state index in [9.17, 15) is 4.79 Å². The van der Waals surface area contributed by atoms with E-state index in [2.05, 4.69) is 38.9 Å². The molecule has 26 heavy (non-hydrogen) atoms. The van der Waals surface area contributed by atoms with Crippen molar-refractivity contribution in [2.45, 2.75) is 6.04 Å². The molecular weight excluding hydrogens is 330 g/mol. The Morgan fingerprint density at radius 1 is 1.12 bits per heavy atom. The molecule has 7 heteroatoms. The maximum Gasteiger partial charge on any atom is 0.262 e. The predicted molar refractivity (Wildman–Crippen MR) is 96.8 cm³/mol. The number of anilines is 2. The van der Waals surface area contributed by atoms with Gasteiger partial charge in [0, 0.05) is 11.3 Å². The van der Waals surface area contributed by atoms with Crippen LogP contribution in [0.3, 0.4) is 0 Å². The number of aromatic nitrogens is 3. The molecule has 7 nitrogen and oxygen atoms in total. The molecule has 2 aliphatic rings. The first kappa shape index (κ1) is 14.7. The Balaban J connectivity index is 1.58. The van der Waals surface area contributed by atoms with Crippen molar-refractivity contribution in [3.8, 4) is 5.75 Å². The van der Waals surface area contributed by atoms with Crippen LogP contribution in [0.2, 0.25) is 0 Å². The van der Waals surface area contributed by atoms with Gasteiger partial charge in [-0.25, -0.2) is 4.68 Å². The molecule has 0 fully saturated rings. The number of nitrogens with zero attached hydrogens (tertiary/aromatic N) is 3. The Labute approximate surface area is 149 Å². The smallest absolute Gasteiger partial charge is 0.262 e. The van der Waals surface area contributed by atoms with Crippen molar-refractivity contribution in [2.75, 3.05) is 17.2 Å². The molecule has 1 amide bonds. The molecule has 0 radical (unpaired) electrons. The Morgan fingerprint density at radius 3 is 2.88 bits per heavy atom. The molecular formula is C19H15N5O2. The lowest BCUT2D eigenvalue weighted by Crippen LogP contribution is -2.25. The van der Waals surface area contributed by atoms with Crippen LogP contribution in [0.1, 0.15) is 17.2 Å². The Morgan fingerprint density at radius 2 is 2.00 bits per heavy atom. The summed E-state index contributed by atoms with van der Waals surface area (Å²) in [6, 6.07) is 15.8. The van der Waals surface area contributed by atoms with Crippen LogP contribution in [0.15, 0.2) is 60.9 Å². The van der Waals surface area contributed by atoms with Gasteiger partial charge >= 0.3 is 0 Å². The number of hydrogen-bond acceptors (Lipinski definition) is 5. The van der Waals surface area contributed by atoms with Crippen molar-refractivity contribution < 1.29 is 9.53 Å². The minimum atomic E-state index is -0.151. The van der Waals surface area contributed by atoms with Gasteiger partial charge in [-0.15, -0.1) is 0 Å². The molecule has 1 aromatic heterocycles.